The maximum Gasteiger partial charge on any atom is 0.264 e. The molecule has 3 heterocycles. The second kappa shape index (κ2) is 8.12. The van der Waals surface area contributed by atoms with Gasteiger partial charge in [-0.3, -0.25) is 4.79 Å². The first kappa shape index (κ1) is 18.6. The maximum atomic E-state index is 13.0. The van der Waals surface area contributed by atoms with Crippen LogP contribution >= 0.6 is 11.3 Å². The van der Waals surface area contributed by atoms with Crippen molar-refractivity contribution in [1.29, 1.82) is 0 Å². The van der Waals surface area contributed by atoms with E-state index in [2.05, 4.69) is 27.2 Å². The molecule has 0 N–H and O–H groups in total. The van der Waals surface area contributed by atoms with Crippen molar-refractivity contribution in [3.8, 4) is 22.2 Å². The number of anilines is 1. The number of carbonyl (C=O) groups excluding carboxylic acids is 1. The molecule has 0 bridgehead atoms. The molecular formula is C23H20N4O2S. The van der Waals surface area contributed by atoms with Crippen LogP contribution in [-0.2, 0) is 0 Å². The van der Waals surface area contributed by atoms with Crippen molar-refractivity contribution in [2.45, 2.75) is 0 Å². The van der Waals surface area contributed by atoms with Crippen LogP contribution in [0.5, 0.6) is 0 Å². The van der Waals surface area contributed by atoms with Gasteiger partial charge in [-0.1, -0.05) is 41.6 Å². The number of amides is 1. The standard InChI is InChI=1S/C23H20N4O2S/c28-23(27-15-13-26(14-16-27)18-9-5-2-6-10-18)20-12-11-19(30-20)21-24-22(29-25-21)17-7-3-1-4-8-17/h1-12H,13-16H2. The molecule has 1 aliphatic rings. The van der Waals surface area contributed by atoms with Crippen molar-refractivity contribution in [2.75, 3.05) is 31.1 Å². The van der Waals surface area contributed by atoms with Crippen LogP contribution in [0.4, 0.5) is 5.69 Å². The van der Waals surface area contributed by atoms with E-state index in [0.717, 1.165) is 23.5 Å². The number of thiophene rings is 1. The number of aromatic nitrogens is 2. The first-order chi connectivity index (χ1) is 14.8. The van der Waals surface area contributed by atoms with Crippen LogP contribution in [0.1, 0.15) is 9.67 Å². The summed E-state index contributed by atoms with van der Waals surface area (Å²) in [5, 5.41) is 4.08. The van der Waals surface area contributed by atoms with Gasteiger partial charge in [0.05, 0.1) is 9.75 Å². The first-order valence-corrected chi connectivity index (χ1v) is 10.7. The molecule has 0 aliphatic carbocycles. The van der Waals surface area contributed by atoms with Crippen molar-refractivity contribution < 1.29 is 9.32 Å². The van der Waals surface area contributed by atoms with Gasteiger partial charge in [0.1, 0.15) is 0 Å². The molecule has 6 nitrogen and oxygen atoms in total. The predicted molar refractivity (Wildman–Crippen MR) is 118 cm³/mol. The minimum atomic E-state index is 0.0609. The first-order valence-electron chi connectivity index (χ1n) is 9.86. The van der Waals surface area contributed by atoms with E-state index in [1.807, 2.05) is 65.6 Å². The summed E-state index contributed by atoms with van der Waals surface area (Å²) in [5.41, 5.74) is 2.08. The summed E-state index contributed by atoms with van der Waals surface area (Å²) in [7, 11) is 0. The van der Waals surface area contributed by atoms with Crippen LogP contribution in [0.2, 0.25) is 0 Å². The molecule has 2 aromatic carbocycles. The van der Waals surface area contributed by atoms with Gasteiger partial charge in [0, 0.05) is 37.4 Å². The van der Waals surface area contributed by atoms with Crippen molar-refractivity contribution in [3.63, 3.8) is 0 Å². The van der Waals surface area contributed by atoms with Gasteiger partial charge in [0.2, 0.25) is 5.82 Å². The molecule has 1 amide bonds. The number of piperazine rings is 1. The molecule has 30 heavy (non-hydrogen) atoms. The lowest BCUT2D eigenvalue weighted by molar-refractivity contribution is 0.0751. The van der Waals surface area contributed by atoms with Gasteiger partial charge in [-0.05, 0) is 36.4 Å². The molecule has 0 atom stereocenters. The Labute approximate surface area is 178 Å². The Bertz CT molecular complexity index is 1130. The van der Waals surface area contributed by atoms with E-state index in [1.54, 1.807) is 0 Å². The Morgan fingerprint density at radius 3 is 2.30 bits per heavy atom. The molecule has 0 radical (unpaired) electrons. The van der Waals surface area contributed by atoms with Crippen molar-refractivity contribution >= 4 is 22.9 Å². The second-order valence-corrected chi connectivity index (χ2v) is 8.15. The lowest BCUT2D eigenvalue weighted by atomic mass is 10.2. The summed E-state index contributed by atoms with van der Waals surface area (Å²) < 4.78 is 5.39. The average Bonchev–Trinajstić information content (AvgIpc) is 3.50. The van der Waals surface area contributed by atoms with Gasteiger partial charge in [0.25, 0.3) is 11.8 Å². The lowest BCUT2D eigenvalue weighted by Crippen LogP contribution is -2.48. The predicted octanol–water partition coefficient (Wildman–Crippen LogP) is 4.43. The summed E-state index contributed by atoms with van der Waals surface area (Å²) in [6.45, 7) is 3.08. The van der Waals surface area contributed by atoms with Crippen LogP contribution in [0.25, 0.3) is 22.2 Å². The number of hydrogen-bond acceptors (Lipinski definition) is 6. The van der Waals surface area contributed by atoms with Gasteiger partial charge >= 0.3 is 0 Å². The van der Waals surface area contributed by atoms with Crippen LogP contribution in [0.3, 0.4) is 0 Å². The number of rotatable bonds is 4. The Hall–Kier alpha value is -3.45. The molecule has 5 rings (SSSR count). The van der Waals surface area contributed by atoms with E-state index < -0.39 is 0 Å². The van der Waals surface area contributed by atoms with Gasteiger partial charge in [-0.15, -0.1) is 11.3 Å². The molecule has 2 aromatic heterocycles. The zero-order valence-corrected chi connectivity index (χ0v) is 17.1. The quantitative estimate of drug-likeness (QED) is 0.493. The number of nitrogens with zero attached hydrogens (tertiary/aromatic N) is 4. The van der Waals surface area contributed by atoms with E-state index in [9.17, 15) is 4.79 Å². The van der Waals surface area contributed by atoms with E-state index in [0.29, 0.717) is 29.7 Å². The molecule has 1 saturated heterocycles. The Morgan fingerprint density at radius 2 is 1.57 bits per heavy atom. The van der Waals surface area contributed by atoms with E-state index >= 15 is 0 Å². The fraction of sp³-hybridized carbons (Fsp3) is 0.174. The van der Waals surface area contributed by atoms with Gasteiger partial charge in [0.15, 0.2) is 0 Å². The normalized spacial score (nSPS) is 14.1. The zero-order valence-electron chi connectivity index (χ0n) is 16.3. The third-order valence-electron chi connectivity index (χ3n) is 5.17. The highest BCUT2D eigenvalue weighted by atomic mass is 32.1. The molecule has 0 saturated carbocycles. The van der Waals surface area contributed by atoms with Crippen molar-refractivity contribution in [1.82, 2.24) is 15.0 Å². The summed E-state index contributed by atoms with van der Waals surface area (Å²) in [6.07, 6.45) is 0. The zero-order chi connectivity index (χ0) is 20.3. The van der Waals surface area contributed by atoms with E-state index in [4.69, 9.17) is 4.52 Å². The highest BCUT2D eigenvalue weighted by Crippen LogP contribution is 2.29. The number of carbonyl (C=O) groups is 1. The van der Waals surface area contributed by atoms with Crippen molar-refractivity contribution in [2.24, 2.45) is 0 Å². The van der Waals surface area contributed by atoms with Crippen molar-refractivity contribution in [3.05, 3.63) is 77.7 Å². The maximum absolute atomic E-state index is 13.0. The van der Waals surface area contributed by atoms with E-state index in [1.165, 1.54) is 17.0 Å². The minimum Gasteiger partial charge on any atom is -0.368 e. The lowest BCUT2D eigenvalue weighted by Gasteiger charge is -2.35. The number of para-hydroxylation sites is 1. The Morgan fingerprint density at radius 1 is 0.867 bits per heavy atom. The van der Waals surface area contributed by atoms with Crippen LogP contribution in [0, 0.1) is 0 Å². The van der Waals surface area contributed by atoms with Gasteiger partial charge in [-0.2, -0.15) is 4.98 Å². The highest BCUT2D eigenvalue weighted by Gasteiger charge is 2.24. The minimum absolute atomic E-state index is 0.0609. The summed E-state index contributed by atoms with van der Waals surface area (Å²) in [4.78, 5) is 23.2. The number of benzene rings is 2. The van der Waals surface area contributed by atoms with Gasteiger partial charge in [-0.25, -0.2) is 0 Å². The average molecular weight is 417 g/mol. The highest BCUT2D eigenvalue weighted by molar-refractivity contribution is 7.17. The molecule has 7 heteroatoms. The van der Waals surface area contributed by atoms with Crippen LogP contribution in [-0.4, -0.2) is 47.1 Å². The van der Waals surface area contributed by atoms with Crippen LogP contribution in [0.15, 0.2) is 77.3 Å². The third-order valence-corrected chi connectivity index (χ3v) is 6.24. The fourth-order valence-electron chi connectivity index (χ4n) is 3.56. The molecule has 0 unspecified atom stereocenters. The molecule has 150 valence electrons. The Balaban J connectivity index is 1.26. The molecule has 4 aromatic rings. The smallest absolute Gasteiger partial charge is 0.264 e. The summed E-state index contributed by atoms with van der Waals surface area (Å²) in [6, 6.07) is 23.7. The SMILES string of the molecule is O=C(c1ccc(-c2noc(-c3ccccc3)n2)s1)N1CCN(c2ccccc2)CC1. The molecule has 0 spiro atoms. The van der Waals surface area contributed by atoms with Gasteiger partial charge < -0.3 is 14.3 Å². The molecular weight excluding hydrogens is 396 g/mol. The third kappa shape index (κ3) is 3.71. The topological polar surface area (TPSA) is 62.5 Å². The van der Waals surface area contributed by atoms with Crippen LogP contribution < -0.4 is 4.90 Å². The molecule has 1 fully saturated rings. The Kier molecular flexibility index (Phi) is 5.03. The second-order valence-electron chi connectivity index (χ2n) is 7.07. The monoisotopic (exact) mass is 416 g/mol. The molecule has 1 aliphatic heterocycles. The number of hydrogen-bond donors (Lipinski definition) is 0. The van der Waals surface area contributed by atoms with E-state index in [-0.39, 0.29) is 5.91 Å². The summed E-state index contributed by atoms with van der Waals surface area (Å²) in [5.74, 6) is 1.04. The fourth-order valence-corrected chi connectivity index (χ4v) is 4.46. The largest absolute Gasteiger partial charge is 0.368 e. The summed E-state index contributed by atoms with van der Waals surface area (Å²) >= 11 is 1.40.